The maximum Gasteiger partial charge on any atom is 0.421 e. The van der Waals surface area contributed by atoms with Gasteiger partial charge in [0, 0.05) is 36.7 Å². The molecule has 0 radical (unpaired) electrons. The summed E-state index contributed by atoms with van der Waals surface area (Å²) in [6.45, 7) is 3.23. The van der Waals surface area contributed by atoms with Crippen LogP contribution < -0.4 is 16.0 Å². The van der Waals surface area contributed by atoms with E-state index in [0.717, 1.165) is 11.8 Å². The number of hydrogen-bond acceptors (Lipinski definition) is 7. The predicted molar refractivity (Wildman–Crippen MR) is 114 cm³/mol. The summed E-state index contributed by atoms with van der Waals surface area (Å²) in [6, 6.07) is 4.66. The SMILES string of the molecule is CC(C)N(CCNc1nc(Nc2ccc3c(c2)CC(=O)N3)ncc1C(F)(F)F)S(C)(=O)=O. The Morgan fingerprint density at radius 1 is 1.28 bits per heavy atom. The molecule has 13 heteroatoms. The van der Waals surface area contributed by atoms with Crippen LogP contribution in [0.2, 0.25) is 0 Å². The zero-order chi connectivity index (χ0) is 23.7. The molecule has 1 aromatic heterocycles. The van der Waals surface area contributed by atoms with Crippen molar-refractivity contribution in [1.82, 2.24) is 14.3 Å². The lowest BCUT2D eigenvalue weighted by atomic mass is 10.1. The Labute approximate surface area is 183 Å². The van der Waals surface area contributed by atoms with Crippen LogP contribution in [0.25, 0.3) is 0 Å². The van der Waals surface area contributed by atoms with E-state index < -0.39 is 27.6 Å². The van der Waals surface area contributed by atoms with Crippen LogP contribution in [0.3, 0.4) is 0 Å². The van der Waals surface area contributed by atoms with Crippen LogP contribution in [0.15, 0.2) is 24.4 Å². The molecule has 1 amide bonds. The van der Waals surface area contributed by atoms with Gasteiger partial charge in [0.05, 0.1) is 12.7 Å². The molecule has 0 fully saturated rings. The molecular formula is C19H23F3N6O3S. The smallest absolute Gasteiger partial charge is 0.368 e. The molecule has 2 aromatic rings. The van der Waals surface area contributed by atoms with Gasteiger partial charge in [-0.2, -0.15) is 22.5 Å². The van der Waals surface area contributed by atoms with Crippen molar-refractivity contribution in [2.24, 2.45) is 0 Å². The first-order chi connectivity index (χ1) is 14.8. The molecule has 1 aliphatic heterocycles. The van der Waals surface area contributed by atoms with Crippen LogP contribution in [0, 0.1) is 0 Å². The molecule has 0 aliphatic carbocycles. The fraction of sp³-hybridized carbons (Fsp3) is 0.421. The van der Waals surface area contributed by atoms with Crippen LogP contribution in [0.1, 0.15) is 25.0 Å². The lowest BCUT2D eigenvalue weighted by Gasteiger charge is -2.24. The Morgan fingerprint density at radius 2 is 2.00 bits per heavy atom. The van der Waals surface area contributed by atoms with Gasteiger partial charge < -0.3 is 16.0 Å². The van der Waals surface area contributed by atoms with E-state index in [1.54, 1.807) is 32.0 Å². The van der Waals surface area contributed by atoms with Crippen molar-refractivity contribution in [2.45, 2.75) is 32.5 Å². The molecule has 0 spiro atoms. The Bertz CT molecular complexity index is 1120. The molecule has 3 N–H and O–H groups in total. The molecule has 0 unspecified atom stereocenters. The number of halogens is 3. The first-order valence-electron chi connectivity index (χ1n) is 9.69. The number of aromatic nitrogens is 2. The van der Waals surface area contributed by atoms with Crippen molar-refractivity contribution in [3.05, 3.63) is 35.5 Å². The van der Waals surface area contributed by atoms with Crippen LogP contribution in [-0.4, -0.2) is 54.0 Å². The number of alkyl halides is 3. The zero-order valence-corrected chi connectivity index (χ0v) is 18.4. The standard InChI is InChI=1S/C19H23F3N6O3S/c1-11(2)28(32(3,30)31)7-6-23-17-14(19(20,21)22)10-24-18(27-17)25-13-4-5-15-12(8-13)9-16(29)26-15/h4-5,8,10-11H,6-7,9H2,1-3H3,(H,26,29)(H2,23,24,25,27). The summed E-state index contributed by atoms with van der Waals surface area (Å²) < 4.78 is 65.1. The molecule has 0 bridgehead atoms. The first-order valence-corrected chi connectivity index (χ1v) is 11.5. The molecule has 2 heterocycles. The highest BCUT2D eigenvalue weighted by atomic mass is 32.2. The monoisotopic (exact) mass is 472 g/mol. The quantitative estimate of drug-likeness (QED) is 0.541. The highest BCUT2D eigenvalue weighted by Gasteiger charge is 2.35. The minimum atomic E-state index is -4.70. The Hall–Kier alpha value is -2.93. The minimum Gasteiger partial charge on any atom is -0.368 e. The second-order valence-electron chi connectivity index (χ2n) is 7.57. The van der Waals surface area contributed by atoms with E-state index in [1.807, 2.05) is 0 Å². The van der Waals surface area contributed by atoms with Crippen molar-refractivity contribution in [1.29, 1.82) is 0 Å². The van der Waals surface area contributed by atoms with Crippen LogP contribution in [-0.2, 0) is 27.4 Å². The Morgan fingerprint density at radius 3 is 2.62 bits per heavy atom. The van der Waals surface area contributed by atoms with Crippen molar-refractivity contribution in [3.8, 4) is 0 Å². The number of anilines is 4. The summed E-state index contributed by atoms with van der Waals surface area (Å²) in [5.74, 6) is -0.689. The molecular weight excluding hydrogens is 449 g/mol. The van der Waals surface area contributed by atoms with Crippen LogP contribution in [0.5, 0.6) is 0 Å². The molecule has 32 heavy (non-hydrogen) atoms. The molecule has 174 valence electrons. The Kier molecular flexibility index (Phi) is 6.60. The van der Waals surface area contributed by atoms with Gasteiger partial charge in [-0.05, 0) is 37.6 Å². The Balaban J connectivity index is 1.79. The van der Waals surface area contributed by atoms with Gasteiger partial charge in [0.2, 0.25) is 21.9 Å². The lowest BCUT2D eigenvalue weighted by Crippen LogP contribution is -2.39. The number of rotatable bonds is 8. The maximum absolute atomic E-state index is 13.4. The topological polar surface area (TPSA) is 116 Å². The maximum atomic E-state index is 13.4. The van der Waals surface area contributed by atoms with Gasteiger partial charge in [0.25, 0.3) is 0 Å². The second-order valence-corrected chi connectivity index (χ2v) is 9.50. The van der Waals surface area contributed by atoms with Gasteiger partial charge in [-0.3, -0.25) is 4.79 Å². The third-order valence-corrected chi connectivity index (χ3v) is 6.16. The van der Waals surface area contributed by atoms with Crippen LogP contribution >= 0.6 is 0 Å². The highest BCUT2D eigenvalue weighted by molar-refractivity contribution is 7.88. The predicted octanol–water partition coefficient (Wildman–Crippen LogP) is 2.82. The average Bonchev–Trinajstić information content (AvgIpc) is 3.02. The third-order valence-electron chi connectivity index (χ3n) is 4.71. The van der Waals surface area contributed by atoms with Crippen molar-refractivity contribution in [2.75, 3.05) is 35.3 Å². The minimum absolute atomic E-state index is 0.0353. The van der Waals surface area contributed by atoms with Crippen molar-refractivity contribution in [3.63, 3.8) is 0 Å². The summed E-state index contributed by atoms with van der Waals surface area (Å²) in [5.41, 5.74) is 0.868. The molecule has 1 aromatic carbocycles. The molecule has 0 saturated heterocycles. The summed E-state index contributed by atoms with van der Waals surface area (Å²) in [5, 5.41) is 8.11. The number of carbonyl (C=O) groups is 1. The number of hydrogen-bond donors (Lipinski definition) is 3. The van der Waals surface area contributed by atoms with Gasteiger partial charge in [-0.1, -0.05) is 0 Å². The first kappa shape index (κ1) is 23.7. The normalized spacial score (nSPS) is 13.9. The molecule has 3 rings (SSSR count). The van der Waals surface area contributed by atoms with Gasteiger partial charge in [-0.25, -0.2) is 13.4 Å². The van der Waals surface area contributed by atoms with E-state index in [4.69, 9.17) is 0 Å². The molecule has 0 saturated carbocycles. The number of benzene rings is 1. The van der Waals surface area contributed by atoms with Crippen LogP contribution in [0.4, 0.5) is 36.3 Å². The van der Waals surface area contributed by atoms with E-state index in [9.17, 15) is 26.4 Å². The zero-order valence-electron chi connectivity index (χ0n) is 17.6. The molecule has 9 nitrogen and oxygen atoms in total. The number of nitrogens with one attached hydrogen (secondary N) is 3. The number of sulfonamides is 1. The summed E-state index contributed by atoms with van der Waals surface area (Å²) in [6.07, 6.45) is -2.79. The largest absolute Gasteiger partial charge is 0.421 e. The fourth-order valence-corrected chi connectivity index (χ4v) is 4.50. The fourth-order valence-electron chi connectivity index (χ4n) is 3.31. The van der Waals surface area contributed by atoms with E-state index in [1.165, 1.54) is 4.31 Å². The van der Waals surface area contributed by atoms with Gasteiger partial charge in [0.1, 0.15) is 11.4 Å². The molecule has 0 atom stereocenters. The van der Waals surface area contributed by atoms with E-state index in [-0.39, 0.29) is 37.4 Å². The summed E-state index contributed by atoms with van der Waals surface area (Å²) in [4.78, 5) is 19.2. The second kappa shape index (κ2) is 8.90. The van der Waals surface area contributed by atoms with Gasteiger partial charge >= 0.3 is 6.18 Å². The summed E-state index contributed by atoms with van der Waals surface area (Å²) in [7, 11) is -3.52. The number of nitrogens with zero attached hydrogens (tertiary/aromatic N) is 3. The third kappa shape index (κ3) is 5.65. The number of carbonyl (C=O) groups excluding carboxylic acids is 1. The summed E-state index contributed by atoms with van der Waals surface area (Å²) >= 11 is 0. The van der Waals surface area contributed by atoms with E-state index in [2.05, 4.69) is 25.9 Å². The van der Waals surface area contributed by atoms with Gasteiger partial charge in [-0.15, -0.1) is 0 Å². The number of fused-ring (bicyclic) bond motifs is 1. The van der Waals surface area contributed by atoms with Gasteiger partial charge in [0.15, 0.2) is 0 Å². The van der Waals surface area contributed by atoms with E-state index >= 15 is 0 Å². The molecule has 1 aliphatic rings. The lowest BCUT2D eigenvalue weighted by molar-refractivity contribution is -0.137. The van der Waals surface area contributed by atoms with Crippen molar-refractivity contribution >= 4 is 39.1 Å². The van der Waals surface area contributed by atoms with E-state index in [0.29, 0.717) is 17.6 Å². The average molecular weight is 472 g/mol. The van der Waals surface area contributed by atoms with Crippen molar-refractivity contribution < 1.29 is 26.4 Å². The number of amides is 1. The highest BCUT2D eigenvalue weighted by Crippen LogP contribution is 2.34.